The van der Waals surface area contributed by atoms with Crippen LogP contribution in [0.4, 0.5) is 0 Å². The van der Waals surface area contributed by atoms with Crippen LogP contribution in [0.2, 0.25) is 0 Å². The summed E-state index contributed by atoms with van der Waals surface area (Å²) in [5.41, 5.74) is 2.29. The minimum atomic E-state index is 0.146. The van der Waals surface area contributed by atoms with Crippen molar-refractivity contribution >= 4 is 5.91 Å². The molecule has 5 heteroatoms. The number of benzene rings is 1. The number of aromatic nitrogens is 2. The van der Waals surface area contributed by atoms with Crippen molar-refractivity contribution in [2.45, 2.75) is 13.0 Å². The zero-order valence-corrected chi connectivity index (χ0v) is 11.9. The normalized spacial score (nSPS) is 10.5. The van der Waals surface area contributed by atoms with Gasteiger partial charge >= 0.3 is 0 Å². The fraction of sp³-hybridized carbons (Fsp3) is 0.333. The Balaban J connectivity index is 1.78. The first-order chi connectivity index (χ1) is 9.66. The molecule has 1 amide bonds. The van der Waals surface area contributed by atoms with Crippen LogP contribution in [0.15, 0.2) is 43.0 Å². The van der Waals surface area contributed by atoms with Crippen LogP contribution in [0.1, 0.15) is 12.0 Å². The maximum atomic E-state index is 11.4. The Hall–Kier alpha value is -2.14. The first-order valence-electron chi connectivity index (χ1n) is 6.65. The standard InChI is InChI=1S/C15H20N4O/c1-18(2)15(20)7-8-16-11-13-3-5-14(6-4-13)19-10-9-17-12-19/h3-6,9-10,12,16H,7-8,11H2,1-2H3. The van der Waals surface area contributed by atoms with Gasteiger partial charge in [0.1, 0.15) is 0 Å². The van der Waals surface area contributed by atoms with E-state index in [-0.39, 0.29) is 5.91 Å². The summed E-state index contributed by atoms with van der Waals surface area (Å²) in [7, 11) is 3.55. The van der Waals surface area contributed by atoms with Gasteiger partial charge in [0.05, 0.1) is 6.33 Å². The summed E-state index contributed by atoms with van der Waals surface area (Å²) in [4.78, 5) is 17.0. The summed E-state index contributed by atoms with van der Waals surface area (Å²) in [6.45, 7) is 1.46. The van der Waals surface area contributed by atoms with E-state index in [1.807, 2.05) is 10.8 Å². The second-order valence-electron chi connectivity index (χ2n) is 4.85. The second kappa shape index (κ2) is 6.86. The predicted molar refractivity (Wildman–Crippen MR) is 78.6 cm³/mol. The molecule has 0 saturated carbocycles. The minimum absolute atomic E-state index is 0.146. The Kier molecular flexibility index (Phi) is 4.90. The highest BCUT2D eigenvalue weighted by Crippen LogP contribution is 2.09. The Morgan fingerprint density at radius 3 is 2.65 bits per heavy atom. The molecule has 106 valence electrons. The number of hydrogen-bond donors (Lipinski definition) is 1. The van der Waals surface area contributed by atoms with E-state index in [4.69, 9.17) is 0 Å². The first-order valence-corrected chi connectivity index (χ1v) is 6.65. The lowest BCUT2D eigenvalue weighted by Crippen LogP contribution is -2.26. The van der Waals surface area contributed by atoms with Crippen molar-refractivity contribution in [3.63, 3.8) is 0 Å². The molecule has 1 heterocycles. The zero-order valence-electron chi connectivity index (χ0n) is 11.9. The van der Waals surface area contributed by atoms with Crippen molar-refractivity contribution < 1.29 is 4.79 Å². The molecular weight excluding hydrogens is 252 g/mol. The molecule has 2 aromatic rings. The summed E-state index contributed by atoms with van der Waals surface area (Å²) < 4.78 is 1.97. The molecule has 1 aromatic heterocycles. The van der Waals surface area contributed by atoms with Gasteiger partial charge in [0.2, 0.25) is 5.91 Å². The molecule has 5 nitrogen and oxygen atoms in total. The van der Waals surface area contributed by atoms with Crippen LogP contribution in [0.25, 0.3) is 5.69 Å². The quantitative estimate of drug-likeness (QED) is 0.810. The van der Waals surface area contributed by atoms with Gasteiger partial charge in [-0.15, -0.1) is 0 Å². The highest BCUT2D eigenvalue weighted by atomic mass is 16.2. The Morgan fingerprint density at radius 2 is 2.05 bits per heavy atom. The van der Waals surface area contributed by atoms with Crippen molar-refractivity contribution in [3.8, 4) is 5.69 Å². The van der Waals surface area contributed by atoms with E-state index in [9.17, 15) is 4.79 Å². The smallest absolute Gasteiger partial charge is 0.223 e. The molecule has 0 bridgehead atoms. The van der Waals surface area contributed by atoms with Crippen LogP contribution in [0, 0.1) is 0 Å². The molecule has 0 fully saturated rings. The lowest BCUT2D eigenvalue weighted by molar-refractivity contribution is -0.128. The number of hydrogen-bond acceptors (Lipinski definition) is 3. The van der Waals surface area contributed by atoms with Gasteiger partial charge in [0.15, 0.2) is 0 Å². The van der Waals surface area contributed by atoms with Crippen LogP contribution in [-0.4, -0.2) is 41.0 Å². The van der Waals surface area contributed by atoms with Crippen molar-refractivity contribution in [1.29, 1.82) is 0 Å². The lowest BCUT2D eigenvalue weighted by atomic mass is 10.2. The van der Waals surface area contributed by atoms with Gasteiger partial charge in [0.25, 0.3) is 0 Å². The van der Waals surface area contributed by atoms with Crippen LogP contribution in [-0.2, 0) is 11.3 Å². The van der Waals surface area contributed by atoms with Gasteiger partial charge < -0.3 is 14.8 Å². The molecule has 2 rings (SSSR count). The van der Waals surface area contributed by atoms with Gasteiger partial charge in [0, 0.05) is 51.7 Å². The molecule has 0 aliphatic carbocycles. The SMILES string of the molecule is CN(C)C(=O)CCNCc1ccc(-n2ccnc2)cc1. The first kappa shape index (κ1) is 14.3. The van der Waals surface area contributed by atoms with Crippen molar-refractivity contribution in [3.05, 3.63) is 48.5 Å². The van der Waals surface area contributed by atoms with E-state index in [1.165, 1.54) is 5.56 Å². The average molecular weight is 272 g/mol. The van der Waals surface area contributed by atoms with Crippen molar-refractivity contribution in [1.82, 2.24) is 19.8 Å². The molecule has 0 saturated heterocycles. The highest BCUT2D eigenvalue weighted by molar-refractivity contribution is 5.75. The van der Waals surface area contributed by atoms with Gasteiger partial charge in [-0.2, -0.15) is 0 Å². The molecule has 0 radical (unpaired) electrons. The maximum absolute atomic E-state index is 11.4. The van der Waals surface area contributed by atoms with Gasteiger partial charge in [-0.05, 0) is 17.7 Å². The van der Waals surface area contributed by atoms with Crippen LogP contribution in [0.3, 0.4) is 0 Å². The number of imidazole rings is 1. The van der Waals surface area contributed by atoms with E-state index < -0.39 is 0 Å². The zero-order chi connectivity index (χ0) is 14.4. The summed E-state index contributed by atoms with van der Waals surface area (Å²) in [6, 6.07) is 8.28. The number of nitrogens with one attached hydrogen (secondary N) is 1. The Bertz CT molecular complexity index is 532. The molecule has 1 aromatic carbocycles. The van der Waals surface area contributed by atoms with Gasteiger partial charge in [-0.3, -0.25) is 4.79 Å². The van der Waals surface area contributed by atoms with Crippen LogP contribution in [0.5, 0.6) is 0 Å². The van der Waals surface area contributed by atoms with Gasteiger partial charge in [-0.1, -0.05) is 12.1 Å². The van der Waals surface area contributed by atoms with Crippen LogP contribution >= 0.6 is 0 Å². The third kappa shape index (κ3) is 3.93. The van der Waals surface area contributed by atoms with E-state index in [1.54, 1.807) is 31.5 Å². The molecular formula is C15H20N4O. The summed E-state index contributed by atoms with van der Waals surface area (Å²) >= 11 is 0. The number of carbonyl (C=O) groups excluding carboxylic acids is 1. The second-order valence-corrected chi connectivity index (χ2v) is 4.85. The molecule has 1 N–H and O–H groups in total. The van der Waals surface area contributed by atoms with Gasteiger partial charge in [-0.25, -0.2) is 4.98 Å². The fourth-order valence-electron chi connectivity index (χ4n) is 1.85. The number of nitrogens with zero attached hydrogens (tertiary/aromatic N) is 3. The molecule has 0 atom stereocenters. The molecule has 0 unspecified atom stereocenters. The molecule has 20 heavy (non-hydrogen) atoms. The van der Waals surface area contributed by atoms with E-state index >= 15 is 0 Å². The maximum Gasteiger partial charge on any atom is 0.223 e. The molecule has 0 spiro atoms. The Labute approximate surface area is 119 Å². The monoisotopic (exact) mass is 272 g/mol. The van der Waals surface area contributed by atoms with E-state index in [0.717, 1.165) is 12.2 Å². The number of carbonyl (C=O) groups is 1. The summed E-state index contributed by atoms with van der Waals surface area (Å²) in [5, 5.41) is 3.28. The molecule has 0 aliphatic rings. The topological polar surface area (TPSA) is 50.2 Å². The summed E-state index contributed by atoms with van der Waals surface area (Å²) in [6.07, 6.45) is 5.98. The number of rotatable bonds is 6. The number of amides is 1. The van der Waals surface area contributed by atoms with Crippen molar-refractivity contribution in [2.75, 3.05) is 20.6 Å². The average Bonchev–Trinajstić information content (AvgIpc) is 2.98. The minimum Gasteiger partial charge on any atom is -0.349 e. The fourth-order valence-corrected chi connectivity index (χ4v) is 1.85. The Morgan fingerprint density at radius 1 is 1.30 bits per heavy atom. The largest absolute Gasteiger partial charge is 0.349 e. The van der Waals surface area contributed by atoms with E-state index in [2.05, 4.69) is 34.6 Å². The third-order valence-corrected chi connectivity index (χ3v) is 3.08. The predicted octanol–water partition coefficient (Wildman–Crippen LogP) is 1.44. The third-order valence-electron chi connectivity index (χ3n) is 3.08. The van der Waals surface area contributed by atoms with E-state index in [0.29, 0.717) is 13.0 Å². The molecule has 0 aliphatic heterocycles. The van der Waals surface area contributed by atoms with Crippen LogP contribution < -0.4 is 5.32 Å². The summed E-state index contributed by atoms with van der Waals surface area (Å²) in [5.74, 6) is 0.146. The van der Waals surface area contributed by atoms with Crippen molar-refractivity contribution in [2.24, 2.45) is 0 Å². The highest BCUT2D eigenvalue weighted by Gasteiger charge is 2.02. The lowest BCUT2D eigenvalue weighted by Gasteiger charge is -2.10.